The van der Waals surface area contributed by atoms with Crippen LogP contribution in [0, 0.1) is 83.4 Å². The zero-order valence-corrected chi connectivity index (χ0v) is 22.1. The lowest BCUT2D eigenvalue weighted by Crippen LogP contribution is -2.29. The summed E-state index contributed by atoms with van der Waals surface area (Å²) in [5.74, 6) is 28.5. The fraction of sp³-hybridized carbons (Fsp3) is 0.448. The van der Waals surface area contributed by atoms with Crippen LogP contribution in [0.1, 0.15) is 64.7 Å². The minimum atomic E-state index is -4.82. The molecule has 0 saturated heterocycles. The van der Waals surface area contributed by atoms with Crippen LogP contribution in [0.25, 0.3) is 0 Å². The molecule has 0 amide bonds. The Labute approximate surface area is 225 Å². The summed E-state index contributed by atoms with van der Waals surface area (Å²) in [7, 11) is -4.82. The van der Waals surface area contributed by atoms with Gasteiger partial charge < -0.3 is 19.3 Å². The van der Waals surface area contributed by atoms with Gasteiger partial charge in [0.1, 0.15) is 6.61 Å². The number of terminal acetylenes is 1. The lowest BCUT2D eigenvalue weighted by Gasteiger charge is -2.17. The van der Waals surface area contributed by atoms with Crippen molar-refractivity contribution in [1.29, 1.82) is 0 Å². The van der Waals surface area contributed by atoms with Gasteiger partial charge in [-0.1, -0.05) is 51.9 Å². The van der Waals surface area contributed by atoms with E-state index in [0.717, 1.165) is 19.3 Å². The van der Waals surface area contributed by atoms with E-state index in [1.807, 2.05) is 0 Å². The second kappa shape index (κ2) is 23.4. The Balaban J connectivity index is 4.61. The van der Waals surface area contributed by atoms with Crippen LogP contribution in [0.3, 0.4) is 0 Å². The van der Waals surface area contributed by atoms with Crippen LogP contribution in [-0.2, 0) is 28.2 Å². The third-order valence-electron chi connectivity index (χ3n) is 4.22. The molecule has 0 bridgehead atoms. The van der Waals surface area contributed by atoms with Gasteiger partial charge in [0.15, 0.2) is 6.10 Å². The van der Waals surface area contributed by atoms with Gasteiger partial charge in [-0.25, -0.2) is 9.36 Å². The van der Waals surface area contributed by atoms with E-state index in [1.54, 1.807) is 0 Å². The molecule has 1 atom stereocenters. The molecule has 0 aromatic rings. The first kappa shape index (κ1) is 34.0. The van der Waals surface area contributed by atoms with Gasteiger partial charge in [0.05, 0.1) is 6.61 Å². The van der Waals surface area contributed by atoms with Crippen molar-refractivity contribution >= 4 is 19.8 Å². The molecule has 0 rings (SSSR count). The summed E-state index contributed by atoms with van der Waals surface area (Å²) in [4.78, 5) is 41.7. The quantitative estimate of drug-likeness (QED) is 0.108. The van der Waals surface area contributed by atoms with E-state index in [4.69, 9.17) is 25.7 Å². The Morgan fingerprint density at radius 2 is 1.26 bits per heavy atom. The number of unbranched alkanes of at least 4 members (excludes halogenated alkanes) is 7. The van der Waals surface area contributed by atoms with Crippen molar-refractivity contribution in [2.75, 3.05) is 13.2 Å². The molecule has 0 aromatic heterocycles. The topological polar surface area (TPSA) is 119 Å². The molecule has 0 aliphatic heterocycles. The predicted octanol–water partition coefficient (Wildman–Crippen LogP) is 2.74. The maximum absolute atomic E-state index is 12.1. The Morgan fingerprint density at radius 1 is 0.763 bits per heavy atom. The molecule has 2 N–H and O–H groups in total. The summed E-state index contributed by atoms with van der Waals surface area (Å²) in [6.45, 7) is 0.987. The normalized spacial score (nSPS) is 9.63. The molecule has 0 aliphatic carbocycles. The van der Waals surface area contributed by atoms with Crippen molar-refractivity contribution in [2.45, 2.75) is 70.8 Å². The molecule has 0 fully saturated rings. The van der Waals surface area contributed by atoms with Gasteiger partial charge in [-0.3, -0.25) is 9.32 Å². The molecule has 38 heavy (non-hydrogen) atoms. The molecular weight excluding hydrogens is 507 g/mol. The standard InChI is InChI=1S/C29H29O8P/c1-3-5-7-9-11-13-14-15-16-18-19-21-23-28(30)35-25-27(26-36-38(32,33)34)37-29(31)24-22-20-17-12-10-8-6-4-2/h1,27H,4,6,8,10,12,17,20,22,24-26H2,2H3,(H2,32,33,34)/t27-/m0/s1. The first-order valence-corrected chi connectivity index (χ1v) is 13.3. The second-order valence-electron chi connectivity index (χ2n) is 7.37. The molecular formula is C29H29O8P. The number of hydrogen-bond donors (Lipinski definition) is 2. The van der Waals surface area contributed by atoms with Crippen molar-refractivity contribution in [2.24, 2.45) is 0 Å². The van der Waals surface area contributed by atoms with Crippen molar-refractivity contribution < 1.29 is 37.9 Å². The maximum Gasteiger partial charge on any atom is 0.469 e. The molecule has 9 heteroatoms. The summed E-state index contributed by atoms with van der Waals surface area (Å²) in [6.07, 6.45) is 12.2. The van der Waals surface area contributed by atoms with E-state index in [9.17, 15) is 14.2 Å². The van der Waals surface area contributed by atoms with Crippen molar-refractivity contribution in [1.82, 2.24) is 0 Å². The molecule has 0 spiro atoms. The fourth-order valence-electron chi connectivity index (χ4n) is 2.55. The molecule has 198 valence electrons. The van der Waals surface area contributed by atoms with Gasteiger partial charge in [-0.2, -0.15) is 0 Å². The number of phosphoric ester groups is 1. The van der Waals surface area contributed by atoms with E-state index in [2.05, 4.69) is 88.4 Å². The number of carbonyl (C=O) groups excluding carboxylic acids is 2. The summed E-state index contributed by atoms with van der Waals surface area (Å²) in [6, 6.07) is 0. The molecule has 0 unspecified atom stereocenters. The van der Waals surface area contributed by atoms with Gasteiger partial charge >= 0.3 is 19.8 Å². The van der Waals surface area contributed by atoms with Crippen molar-refractivity contribution in [3.63, 3.8) is 0 Å². The van der Waals surface area contributed by atoms with E-state index in [0.29, 0.717) is 6.42 Å². The minimum absolute atomic E-state index is 0.128. The Bertz CT molecular complexity index is 1230. The number of rotatable bonds is 15. The average molecular weight is 537 g/mol. The van der Waals surface area contributed by atoms with E-state index in [1.165, 1.54) is 25.7 Å². The van der Waals surface area contributed by atoms with Crippen LogP contribution >= 0.6 is 7.82 Å². The Morgan fingerprint density at radius 3 is 1.79 bits per heavy atom. The van der Waals surface area contributed by atoms with Gasteiger partial charge in [0.25, 0.3) is 0 Å². The lowest BCUT2D eigenvalue weighted by molar-refractivity contribution is -0.158. The monoisotopic (exact) mass is 536 g/mol. The van der Waals surface area contributed by atoms with Gasteiger partial charge in [-0.05, 0) is 77.5 Å². The largest absolute Gasteiger partial charge is 0.469 e. The third-order valence-corrected chi connectivity index (χ3v) is 4.71. The van der Waals surface area contributed by atoms with Gasteiger partial charge in [0, 0.05) is 12.3 Å². The zero-order chi connectivity index (χ0) is 28.3. The maximum atomic E-state index is 12.1. The predicted molar refractivity (Wildman–Crippen MR) is 142 cm³/mol. The summed E-state index contributed by atoms with van der Waals surface area (Å²) < 4.78 is 25.4. The van der Waals surface area contributed by atoms with E-state index in [-0.39, 0.29) is 6.42 Å². The molecule has 8 nitrogen and oxygen atoms in total. The highest BCUT2D eigenvalue weighted by molar-refractivity contribution is 7.46. The van der Waals surface area contributed by atoms with Crippen LogP contribution in [0.4, 0.5) is 0 Å². The number of esters is 2. The Hall–Kier alpha value is -4.03. The number of hydrogen-bond acceptors (Lipinski definition) is 6. The highest BCUT2D eigenvalue weighted by Crippen LogP contribution is 2.35. The minimum Gasteiger partial charge on any atom is -0.456 e. The first-order chi connectivity index (χ1) is 18.3. The number of carbonyl (C=O) groups is 2. The molecule has 0 aromatic carbocycles. The Kier molecular flexibility index (Phi) is 20.9. The van der Waals surface area contributed by atoms with Crippen LogP contribution in [0.2, 0.25) is 0 Å². The van der Waals surface area contributed by atoms with Crippen molar-refractivity contribution in [3.05, 3.63) is 0 Å². The number of ether oxygens (including phenoxy) is 2. The highest BCUT2D eigenvalue weighted by atomic mass is 31.2. The van der Waals surface area contributed by atoms with E-state index < -0.39 is 39.1 Å². The van der Waals surface area contributed by atoms with Crippen LogP contribution < -0.4 is 0 Å². The van der Waals surface area contributed by atoms with Gasteiger partial charge in [-0.15, -0.1) is 6.42 Å². The van der Waals surface area contributed by atoms with E-state index >= 15 is 0 Å². The summed E-state index contributed by atoms with van der Waals surface area (Å²) in [5.41, 5.74) is 0. The SMILES string of the molecule is C#CC#CC#CC#CC#CC#CC#CC(=O)OC[C@@H](COP(=O)(O)O)OC(=O)CCCCCCCCCC. The van der Waals surface area contributed by atoms with Crippen LogP contribution in [0.5, 0.6) is 0 Å². The van der Waals surface area contributed by atoms with Crippen LogP contribution in [0.15, 0.2) is 0 Å². The molecule has 0 radical (unpaired) electrons. The molecule has 0 heterocycles. The molecule has 0 saturated carbocycles. The highest BCUT2D eigenvalue weighted by Gasteiger charge is 2.22. The zero-order valence-electron chi connectivity index (χ0n) is 21.2. The smallest absolute Gasteiger partial charge is 0.456 e. The fourth-order valence-corrected chi connectivity index (χ4v) is 2.91. The number of phosphoric acid groups is 1. The molecule has 0 aliphatic rings. The van der Waals surface area contributed by atoms with Crippen LogP contribution in [-0.4, -0.2) is 41.0 Å². The summed E-state index contributed by atoms with van der Waals surface area (Å²) >= 11 is 0. The lowest BCUT2D eigenvalue weighted by atomic mass is 10.1. The second-order valence-corrected chi connectivity index (χ2v) is 8.61. The first-order valence-electron chi connectivity index (χ1n) is 11.8. The van der Waals surface area contributed by atoms with Gasteiger partial charge in [0.2, 0.25) is 0 Å². The summed E-state index contributed by atoms with van der Waals surface area (Å²) in [5, 5.41) is 0. The third kappa shape index (κ3) is 25.1. The van der Waals surface area contributed by atoms with Crippen molar-refractivity contribution in [3.8, 4) is 83.4 Å². The average Bonchev–Trinajstić information content (AvgIpc) is 2.87.